The lowest BCUT2D eigenvalue weighted by Crippen LogP contribution is -2.20. The molecule has 5 heteroatoms. The maximum atomic E-state index is 9.11. The van der Waals surface area contributed by atoms with Crippen LogP contribution in [0, 0.1) is 6.92 Å². The molecule has 1 N–H and O–H groups in total. The van der Waals surface area contributed by atoms with Gasteiger partial charge in [0.2, 0.25) is 0 Å². The molecule has 0 saturated carbocycles. The van der Waals surface area contributed by atoms with E-state index in [2.05, 4.69) is 21.0 Å². The van der Waals surface area contributed by atoms with Crippen LogP contribution < -0.4 is 0 Å². The number of hydrogen-bond acceptors (Lipinski definition) is 3. The minimum absolute atomic E-state index is 0.0374. The first kappa shape index (κ1) is 11.1. The predicted molar refractivity (Wildman–Crippen MR) is 59.4 cm³/mol. The van der Waals surface area contributed by atoms with Gasteiger partial charge >= 0.3 is 0 Å². The van der Waals surface area contributed by atoms with E-state index in [1.807, 2.05) is 11.6 Å². The Morgan fingerprint density at radius 3 is 2.93 bits per heavy atom. The van der Waals surface area contributed by atoms with Crippen molar-refractivity contribution < 1.29 is 9.84 Å². The molecular weight excluding hydrogens is 260 g/mol. The molecule has 1 aromatic heterocycles. The number of aromatic nitrogens is 2. The fraction of sp³-hybridized carbons (Fsp3) is 0.700. The molecule has 0 bridgehead atoms. The van der Waals surface area contributed by atoms with Crippen LogP contribution >= 0.6 is 15.9 Å². The van der Waals surface area contributed by atoms with Gasteiger partial charge in [-0.05, 0) is 42.1 Å². The summed E-state index contributed by atoms with van der Waals surface area (Å²) in [6, 6.07) is 0. The van der Waals surface area contributed by atoms with Crippen molar-refractivity contribution in [3.63, 3.8) is 0 Å². The summed E-state index contributed by atoms with van der Waals surface area (Å²) in [5.41, 5.74) is 1.70. The second-order valence-electron chi connectivity index (χ2n) is 3.77. The molecule has 0 aliphatic carbocycles. The zero-order chi connectivity index (χ0) is 10.8. The van der Waals surface area contributed by atoms with Crippen LogP contribution in [-0.2, 0) is 11.3 Å². The third-order valence-electron chi connectivity index (χ3n) is 2.72. The maximum absolute atomic E-state index is 9.11. The Kier molecular flexibility index (Phi) is 3.43. The van der Waals surface area contributed by atoms with Gasteiger partial charge in [-0.15, -0.1) is 0 Å². The number of ether oxygens (including phenoxy) is 1. The molecule has 1 aliphatic rings. The summed E-state index contributed by atoms with van der Waals surface area (Å²) in [5.74, 6) is 0. The fourth-order valence-corrected chi connectivity index (χ4v) is 2.24. The van der Waals surface area contributed by atoms with Gasteiger partial charge in [-0.1, -0.05) is 0 Å². The summed E-state index contributed by atoms with van der Waals surface area (Å²) in [6.07, 6.45) is 3.34. The van der Waals surface area contributed by atoms with E-state index in [-0.39, 0.29) is 12.8 Å². The Morgan fingerprint density at radius 1 is 1.60 bits per heavy atom. The molecule has 0 radical (unpaired) electrons. The van der Waals surface area contributed by atoms with Crippen LogP contribution in [0.1, 0.15) is 36.9 Å². The van der Waals surface area contributed by atoms with E-state index in [9.17, 15) is 0 Å². The lowest BCUT2D eigenvalue weighted by molar-refractivity contribution is -0.0410. The minimum atomic E-state index is -0.0405. The Morgan fingerprint density at radius 2 is 2.40 bits per heavy atom. The van der Waals surface area contributed by atoms with E-state index >= 15 is 0 Å². The average molecular weight is 275 g/mol. The number of aliphatic hydroxyl groups excluding tert-OH is 1. The van der Waals surface area contributed by atoms with Crippen LogP contribution in [0.2, 0.25) is 0 Å². The van der Waals surface area contributed by atoms with Gasteiger partial charge in [0.1, 0.15) is 11.9 Å². The monoisotopic (exact) mass is 274 g/mol. The van der Waals surface area contributed by atoms with Gasteiger partial charge in [-0.25, -0.2) is 4.68 Å². The van der Waals surface area contributed by atoms with Crippen molar-refractivity contribution in [2.45, 2.75) is 39.0 Å². The van der Waals surface area contributed by atoms with Gasteiger partial charge in [-0.3, -0.25) is 0 Å². The highest BCUT2D eigenvalue weighted by Crippen LogP contribution is 2.28. The van der Waals surface area contributed by atoms with Crippen molar-refractivity contribution in [2.24, 2.45) is 0 Å². The molecule has 2 rings (SSSR count). The standard InChI is InChI=1S/C10H15BrN2O2/c1-7-10(11)8(6-14)12-13(7)9-4-2-3-5-15-9/h9,14H,2-6H2,1H3. The number of hydrogen-bond donors (Lipinski definition) is 1. The van der Waals surface area contributed by atoms with Gasteiger partial charge in [0.15, 0.2) is 0 Å². The van der Waals surface area contributed by atoms with E-state index in [4.69, 9.17) is 9.84 Å². The van der Waals surface area contributed by atoms with Gasteiger partial charge in [0.25, 0.3) is 0 Å². The van der Waals surface area contributed by atoms with Crippen molar-refractivity contribution in [3.8, 4) is 0 Å². The van der Waals surface area contributed by atoms with Crippen LogP contribution in [0.25, 0.3) is 0 Å². The SMILES string of the molecule is Cc1c(Br)c(CO)nn1C1CCCCO1. The van der Waals surface area contributed by atoms with Crippen LogP contribution in [0.3, 0.4) is 0 Å². The summed E-state index contributed by atoms with van der Waals surface area (Å²) in [5, 5.41) is 13.5. The van der Waals surface area contributed by atoms with Crippen molar-refractivity contribution >= 4 is 15.9 Å². The molecule has 2 heterocycles. The number of nitrogens with zero attached hydrogens (tertiary/aromatic N) is 2. The predicted octanol–water partition coefficient (Wildman–Crippen LogP) is 2.15. The highest BCUT2D eigenvalue weighted by molar-refractivity contribution is 9.10. The molecule has 0 spiro atoms. The first-order chi connectivity index (χ1) is 7.24. The Balaban J connectivity index is 2.26. The van der Waals surface area contributed by atoms with Crippen molar-refractivity contribution in [2.75, 3.05) is 6.61 Å². The molecular formula is C10H15BrN2O2. The zero-order valence-electron chi connectivity index (χ0n) is 8.74. The van der Waals surface area contributed by atoms with Gasteiger partial charge in [0, 0.05) is 6.61 Å². The maximum Gasteiger partial charge on any atom is 0.150 e. The zero-order valence-corrected chi connectivity index (χ0v) is 10.3. The minimum Gasteiger partial charge on any atom is -0.390 e. The second kappa shape index (κ2) is 4.63. The smallest absolute Gasteiger partial charge is 0.150 e. The summed E-state index contributed by atoms with van der Waals surface area (Å²) in [7, 11) is 0. The summed E-state index contributed by atoms with van der Waals surface area (Å²) < 4.78 is 8.41. The van der Waals surface area contributed by atoms with Gasteiger partial charge in [-0.2, -0.15) is 5.10 Å². The third-order valence-corrected chi connectivity index (χ3v) is 3.75. The average Bonchev–Trinajstić information content (AvgIpc) is 2.57. The molecule has 1 aromatic rings. The second-order valence-corrected chi connectivity index (χ2v) is 4.56. The summed E-state index contributed by atoms with van der Waals surface area (Å²) >= 11 is 3.43. The number of rotatable bonds is 2. The number of aliphatic hydroxyl groups is 1. The van der Waals surface area contributed by atoms with Crippen LogP contribution in [0.5, 0.6) is 0 Å². The first-order valence-corrected chi connectivity index (χ1v) is 5.99. The number of halogens is 1. The van der Waals surface area contributed by atoms with E-state index < -0.39 is 0 Å². The molecule has 0 amide bonds. The lowest BCUT2D eigenvalue weighted by Gasteiger charge is -2.23. The van der Waals surface area contributed by atoms with Crippen molar-refractivity contribution in [1.29, 1.82) is 0 Å². The van der Waals surface area contributed by atoms with Gasteiger partial charge < -0.3 is 9.84 Å². The highest BCUT2D eigenvalue weighted by Gasteiger charge is 2.21. The molecule has 1 aliphatic heterocycles. The lowest BCUT2D eigenvalue weighted by atomic mass is 10.2. The van der Waals surface area contributed by atoms with Crippen LogP contribution in [0.4, 0.5) is 0 Å². The molecule has 4 nitrogen and oxygen atoms in total. The van der Waals surface area contributed by atoms with E-state index in [1.165, 1.54) is 6.42 Å². The van der Waals surface area contributed by atoms with Gasteiger partial charge in [0.05, 0.1) is 16.8 Å². The van der Waals surface area contributed by atoms with Crippen LogP contribution in [-0.4, -0.2) is 21.5 Å². The summed E-state index contributed by atoms with van der Waals surface area (Å²) in [6.45, 7) is 2.74. The quantitative estimate of drug-likeness (QED) is 0.899. The van der Waals surface area contributed by atoms with E-state index in [0.29, 0.717) is 5.69 Å². The highest BCUT2D eigenvalue weighted by atomic mass is 79.9. The molecule has 1 fully saturated rings. The van der Waals surface area contributed by atoms with Crippen molar-refractivity contribution in [3.05, 3.63) is 15.9 Å². The Hall–Kier alpha value is -0.390. The van der Waals surface area contributed by atoms with E-state index in [1.54, 1.807) is 0 Å². The molecule has 84 valence electrons. The third kappa shape index (κ3) is 2.09. The molecule has 1 saturated heterocycles. The molecule has 15 heavy (non-hydrogen) atoms. The Labute approximate surface area is 97.4 Å². The van der Waals surface area contributed by atoms with Crippen molar-refractivity contribution in [1.82, 2.24) is 9.78 Å². The molecule has 1 atom stereocenters. The normalized spacial score (nSPS) is 21.9. The fourth-order valence-electron chi connectivity index (χ4n) is 1.86. The Bertz CT molecular complexity index is 345. The molecule has 0 aromatic carbocycles. The summed E-state index contributed by atoms with van der Waals surface area (Å²) in [4.78, 5) is 0. The van der Waals surface area contributed by atoms with Crippen LogP contribution in [0.15, 0.2) is 4.47 Å². The molecule has 1 unspecified atom stereocenters. The topological polar surface area (TPSA) is 47.3 Å². The first-order valence-electron chi connectivity index (χ1n) is 5.20. The largest absolute Gasteiger partial charge is 0.390 e. The van der Waals surface area contributed by atoms with E-state index in [0.717, 1.165) is 29.6 Å².